The molecule has 0 saturated heterocycles. The van der Waals surface area contributed by atoms with E-state index in [1.165, 1.54) is 0 Å². The van der Waals surface area contributed by atoms with Crippen LogP contribution >= 0.6 is 0 Å². The molecule has 6 heteroatoms. The first-order chi connectivity index (χ1) is 10.2. The van der Waals surface area contributed by atoms with Crippen LogP contribution < -0.4 is 25.3 Å². The second-order valence-corrected chi connectivity index (χ2v) is 4.92. The Morgan fingerprint density at radius 2 is 2.14 bits per heavy atom. The third kappa shape index (κ3) is 4.53. The van der Waals surface area contributed by atoms with Crippen molar-refractivity contribution in [2.24, 2.45) is 5.73 Å². The van der Waals surface area contributed by atoms with Crippen molar-refractivity contribution in [1.29, 1.82) is 0 Å². The molecule has 2 rings (SSSR count). The van der Waals surface area contributed by atoms with Crippen molar-refractivity contribution in [2.45, 2.75) is 25.8 Å². The summed E-state index contributed by atoms with van der Waals surface area (Å²) in [6, 6.07) is 3.91. The van der Waals surface area contributed by atoms with Gasteiger partial charge in [-0.15, -0.1) is 0 Å². The van der Waals surface area contributed by atoms with Crippen LogP contribution in [0, 0.1) is 0 Å². The number of ether oxygens (including phenoxy) is 3. The van der Waals surface area contributed by atoms with Gasteiger partial charge in [-0.3, -0.25) is 4.79 Å². The molecule has 0 atom stereocenters. The van der Waals surface area contributed by atoms with E-state index in [1.807, 2.05) is 12.1 Å². The lowest BCUT2D eigenvalue weighted by Crippen LogP contribution is -2.18. The van der Waals surface area contributed by atoms with Gasteiger partial charge in [-0.2, -0.15) is 0 Å². The maximum atomic E-state index is 10.6. The Hall–Kier alpha value is -1.95. The van der Waals surface area contributed by atoms with E-state index in [1.54, 1.807) is 7.11 Å². The minimum Gasteiger partial charge on any atom is -0.493 e. The van der Waals surface area contributed by atoms with Crippen molar-refractivity contribution >= 4 is 5.91 Å². The predicted molar refractivity (Wildman–Crippen MR) is 78.7 cm³/mol. The number of fused-ring (bicyclic) bond motifs is 1. The van der Waals surface area contributed by atoms with Crippen molar-refractivity contribution in [3.05, 3.63) is 17.7 Å². The van der Waals surface area contributed by atoms with Crippen LogP contribution in [0.5, 0.6) is 17.2 Å². The molecule has 0 aromatic heterocycles. The fourth-order valence-electron chi connectivity index (χ4n) is 2.21. The summed E-state index contributed by atoms with van der Waals surface area (Å²) in [6.45, 7) is 2.65. The van der Waals surface area contributed by atoms with Gasteiger partial charge in [0.2, 0.25) is 11.7 Å². The van der Waals surface area contributed by atoms with Crippen molar-refractivity contribution in [3.8, 4) is 17.2 Å². The van der Waals surface area contributed by atoms with Crippen LogP contribution in [0.3, 0.4) is 0 Å². The Morgan fingerprint density at radius 1 is 1.33 bits per heavy atom. The summed E-state index contributed by atoms with van der Waals surface area (Å²) >= 11 is 0. The lowest BCUT2D eigenvalue weighted by Gasteiger charge is -2.21. The van der Waals surface area contributed by atoms with Gasteiger partial charge in [0.05, 0.1) is 7.11 Å². The zero-order valence-corrected chi connectivity index (χ0v) is 12.3. The highest BCUT2D eigenvalue weighted by Crippen LogP contribution is 2.40. The zero-order chi connectivity index (χ0) is 15.1. The van der Waals surface area contributed by atoms with Crippen LogP contribution in [0.25, 0.3) is 0 Å². The monoisotopic (exact) mass is 294 g/mol. The molecule has 0 radical (unpaired) electrons. The first-order valence-corrected chi connectivity index (χ1v) is 7.16. The van der Waals surface area contributed by atoms with Crippen LogP contribution in [0.15, 0.2) is 12.1 Å². The predicted octanol–water partition coefficient (Wildman–Crippen LogP) is 1.21. The Bertz CT molecular complexity index is 474. The average Bonchev–Trinajstić information content (AvgIpc) is 2.49. The van der Waals surface area contributed by atoms with Gasteiger partial charge in [-0.1, -0.05) is 0 Å². The van der Waals surface area contributed by atoms with E-state index in [0.29, 0.717) is 37.7 Å². The number of benzene rings is 1. The summed E-state index contributed by atoms with van der Waals surface area (Å²) in [5, 5.41) is 3.33. The summed E-state index contributed by atoms with van der Waals surface area (Å²) in [7, 11) is 1.62. The molecule has 0 aliphatic carbocycles. The molecular weight excluding hydrogens is 272 g/mol. The largest absolute Gasteiger partial charge is 0.493 e. The third-order valence-corrected chi connectivity index (χ3v) is 3.24. The Labute approximate surface area is 124 Å². The number of rotatable bonds is 8. The number of unbranched alkanes of at least 4 members (excludes halogenated alkanes) is 1. The van der Waals surface area contributed by atoms with Crippen molar-refractivity contribution < 1.29 is 19.0 Å². The summed E-state index contributed by atoms with van der Waals surface area (Å²) in [4.78, 5) is 10.6. The van der Waals surface area contributed by atoms with Gasteiger partial charge in [0.25, 0.3) is 0 Å². The summed E-state index contributed by atoms with van der Waals surface area (Å²) in [6.07, 6.45) is 2.18. The Morgan fingerprint density at radius 3 is 2.90 bits per heavy atom. The van der Waals surface area contributed by atoms with E-state index in [0.717, 1.165) is 30.7 Å². The quantitative estimate of drug-likeness (QED) is 0.704. The van der Waals surface area contributed by atoms with Crippen molar-refractivity contribution in [2.75, 3.05) is 26.9 Å². The SMILES string of the molecule is COc1cc(CNCCCCC(N)=O)cc2c1OCCO2. The molecular formula is C15H22N2O4. The van der Waals surface area contributed by atoms with E-state index in [4.69, 9.17) is 19.9 Å². The molecule has 1 aromatic carbocycles. The molecule has 1 heterocycles. The highest BCUT2D eigenvalue weighted by molar-refractivity contribution is 5.73. The highest BCUT2D eigenvalue weighted by atomic mass is 16.6. The minimum absolute atomic E-state index is 0.244. The number of nitrogens with two attached hydrogens (primary N) is 1. The fourth-order valence-corrected chi connectivity index (χ4v) is 2.21. The number of methoxy groups -OCH3 is 1. The first-order valence-electron chi connectivity index (χ1n) is 7.16. The molecule has 0 saturated carbocycles. The van der Waals surface area contributed by atoms with Gasteiger partial charge in [0.15, 0.2) is 11.5 Å². The molecule has 1 aromatic rings. The first kappa shape index (κ1) is 15.4. The molecule has 0 unspecified atom stereocenters. The van der Waals surface area contributed by atoms with E-state index in [9.17, 15) is 4.79 Å². The third-order valence-electron chi connectivity index (χ3n) is 3.24. The van der Waals surface area contributed by atoms with Crippen LogP contribution in [0.4, 0.5) is 0 Å². The molecule has 1 aliphatic rings. The fraction of sp³-hybridized carbons (Fsp3) is 0.533. The van der Waals surface area contributed by atoms with Crippen LogP contribution in [-0.2, 0) is 11.3 Å². The lowest BCUT2D eigenvalue weighted by molar-refractivity contribution is -0.118. The van der Waals surface area contributed by atoms with Gasteiger partial charge in [-0.05, 0) is 37.1 Å². The van der Waals surface area contributed by atoms with E-state index in [2.05, 4.69) is 5.32 Å². The molecule has 21 heavy (non-hydrogen) atoms. The molecule has 6 nitrogen and oxygen atoms in total. The molecule has 1 aliphatic heterocycles. The molecule has 0 fully saturated rings. The zero-order valence-electron chi connectivity index (χ0n) is 12.3. The summed E-state index contributed by atoms with van der Waals surface area (Å²) in [5.41, 5.74) is 6.17. The van der Waals surface area contributed by atoms with E-state index < -0.39 is 0 Å². The summed E-state index contributed by atoms with van der Waals surface area (Å²) < 4.78 is 16.5. The topological polar surface area (TPSA) is 82.8 Å². The van der Waals surface area contributed by atoms with Crippen molar-refractivity contribution in [1.82, 2.24) is 5.32 Å². The van der Waals surface area contributed by atoms with Gasteiger partial charge in [-0.25, -0.2) is 0 Å². The maximum Gasteiger partial charge on any atom is 0.217 e. The van der Waals surface area contributed by atoms with Gasteiger partial charge in [0, 0.05) is 13.0 Å². The van der Waals surface area contributed by atoms with Gasteiger partial charge < -0.3 is 25.3 Å². The maximum absolute atomic E-state index is 10.6. The Balaban J connectivity index is 1.84. The Kier molecular flexibility index (Phi) is 5.68. The van der Waals surface area contributed by atoms with E-state index in [-0.39, 0.29) is 5.91 Å². The second-order valence-electron chi connectivity index (χ2n) is 4.92. The van der Waals surface area contributed by atoms with Crippen LogP contribution in [0.1, 0.15) is 24.8 Å². The molecule has 3 N–H and O–H groups in total. The number of hydrogen-bond acceptors (Lipinski definition) is 5. The summed E-state index contributed by atoms with van der Waals surface area (Å²) in [5.74, 6) is 1.85. The second kappa shape index (κ2) is 7.73. The number of nitrogens with one attached hydrogen (secondary N) is 1. The molecule has 0 bridgehead atoms. The van der Waals surface area contributed by atoms with Crippen LogP contribution in [0.2, 0.25) is 0 Å². The number of carbonyl (C=O) groups is 1. The van der Waals surface area contributed by atoms with E-state index >= 15 is 0 Å². The minimum atomic E-state index is -0.244. The smallest absolute Gasteiger partial charge is 0.217 e. The van der Waals surface area contributed by atoms with Gasteiger partial charge in [0.1, 0.15) is 13.2 Å². The average molecular weight is 294 g/mol. The molecule has 0 spiro atoms. The normalized spacial score (nSPS) is 13.0. The molecule has 1 amide bonds. The molecule has 116 valence electrons. The number of carbonyl (C=O) groups excluding carboxylic acids is 1. The lowest BCUT2D eigenvalue weighted by atomic mass is 10.1. The van der Waals surface area contributed by atoms with Gasteiger partial charge >= 0.3 is 0 Å². The van der Waals surface area contributed by atoms with Crippen LogP contribution in [-0.4, -0.2) is 32.8 Å². The standard InChI is InChI=1S/C15H22N2O4/c1-19-12-8-11(9-13-15(12)21-7-6-20-13)10-17-5-3-2-4-14(16)18/h8-9,17H,2-7,10H2,1H3,(H2,16,18). The number of hydrogen-bond donors (Lipinski definition) is 2. The van der Waals surface area contributed by atoms with Crippen molar-refractivity contribution in [3.63, 3.8) is 0 Å². The number of amides is 1. The number of primary amides is 1. The highest BCUT2D eigenvalue weighted by Gasteiger charge is 2.18.